The Hall–Kier alpha value is -2.83. The minimum Gasteiger partial charge on any atom is -0.497 e. The predicted molar refractivity (Wildman–Crippen MR) is 115 cm³/mol. The third-order valence-corrected chi connectivity index (χ3v) is 5.26. The van der Waals surface area contributed by atoms with E-state index in [-0.39, 0.29) is 5.91 Å². The van der Waals surface area contributed by atoms with Crippen molar-refractivity contribution in [2.45, 2.75) is 39.2 Å². The third-order valence-electron chi connectivity index (χ3n) is 5.26. The summed E-state index contributed by atoms with van der Waals surface area (Å²) in [4.78, 5) is 23.3. The van der Waals surface area contributed by atoms with Gasteiger partial charge in [0.05, 0.1) is 7.11 Å². The molecule has 156 valence electrons. The number of piperidine rings is 1. The number of anilines is 2. The van der Waals surface area contributed by atoms with Crippen LogP contribution in [0.15, 0.2) is 36.7 Å². The number of aromatic nitrogens is 2. The molecule has 0 spiro atoms. The molecule has 1 saturated heterocycles. The van der Waals surface area contributed by atoms with Gasteiger partial charge >= 0.3 is 0 Å². The normalized spacial score (nSPS) is 16.3. The minimum atomic E-state index is 0.0985. The Morgan fingerprint density at radius 1 is 1.31 bits per heavy atom. The third kappa shape index (κ3) is 6.34. The Morgan fingerprint density at radius 3 is 3.03 bits per heavy atom. The molecule has 0 radical (unpaired) electrons. The van der Waals surface area contributed by atoms with Gasteiger partial charge < -0.3 is 20.3 Å². The number of benzene rings is 1. The molecule has 1 atom stereocenters. The van der Waals surface area contributed by atoms with E-state index in [0.717, 1.165) is 61.8 Å². The number of hydrogen-bond donors (Lipinski definition) is 2. The lowest BCUT2D eigenvalue weighted by atomic mass is 9.93. The number of rotatable bonds is 9. The number of amides is 1. The number of nitrogens with one attached hydrogen (secondary N) is 2. The van der Waals surface area contributed by atoms with Crippen molar-refractivity contribution in [3.8, 4) is 5.75 Å². The molecule has 7 heteroatoms. The standard InChI is InChI=1S/C22H31N5O2/c1-3-23-20-13-21(26-16-25-20)27-11-5-7-17(15-27)9-10-22(28)24-14-18-6-4-8-19(12-18)29-2/h4,6,8,12-13,16-17H,3,5,7,9-11,14-15H2,1-2H3,(H,24,28)(H,23,25,26)/t17-/m1/s1. The van der Waals surface area contributed by atoms with Gasteiger partial charge in [-0.1, -0.05) is 12.1 Å². The summed E-state index contributed by atoms with van der Waals surface area (Å²) in [5.41, 5.74) is 1.04. The molecule has 29 heavy (non-hydrogen) atoms. The van der Waals surface area contributed by atoms with Crippen molar-refractivity contribution in [2.24, 2.45) is 5.92 Å². The fraction of sp³-hybridized carbons (Fsp3) is 0.500. The van der Waals surface area contributed by atoms with Crippen molar-refractivity contribution < 1.29 is 9.53 Å². The lowest BCUT2D eigenvalue weighted by Crippen LogP contribution is -2.36. The average Bonchev–Trinajstić information content (AvgIpc) is 2.77. The second-order valence-electron chi connectivity index (χ2n) is 7.41. The van der Waals surface area contributed by atoms with Gasteiger partial charge in [-0.15, -0.1) is 0 Å². The van der Waals surface area contributed by atoms with Crippen LogP contribution in [0.2, 0.25) is 0 Å². The molecule has 2 heterocycles. The number of carbonyl (C=O) groups excluding carboxylic acids is 1. The van der Waals surface area contributed by atoms with E-state index in [2.05, 4.69) is 32.4 Å². The molecule has 1 aliphatic heterocycles. The molecule has 0 bridgehead atoms. The maximum absolute atomic E-state index is 12.3. The monoisotopic (exact) mass is 397 g/mol. The number of nitrogens with zero attached hydrogens (tertiary/aromatic N) is 3. The molecule has 2 N–H and O–H groups in total. The van der Waals surface area contributed by atoms with Crippen LogP contribution in [-0.4, -0.2) is 42.6 Å². The molecule has 2 aromatic rings. The molecule has 1 fully saturated rings. The highest BCUT2D eigenvalue weighted by atomic mass is 16.5. The molecule has 0 saturated carbocycles. The van der Waals surface area contributed by atoms with E-state index < -0.39 is 0 Å². The van der Waals surface area contributed by atoms with Gasteiger partial charge in [-0.2, -0.15) is 0 Å². The van der Waals surface area contributed by atoms with E-state index in [1.165, 1.54) is 0 Å². The first-order valence-electron chi connectivity index (χ1n) is 10.4. The van der Waals surface area contributed by atoms with Crippen LogP contribution in [0.5, 0.6) is 5.75 Å². The van der Waals surface area contributed by atoms with Gasteiger partial charge in [0.25, 0.3) is 0 Å². The van der Waals surface area contributed by atoms with Gasteiger partial charge in [-0.05, 0) is 49.8 Å². The van der Waals surface area contributed by atoms with Gasteiger partial charge in [0.15, 0.2) is 0 Å². The van der Waals surface area contributed by atoms with Crippen LogP contribution in [0.4, 0.5) is 11.6 Å². The van der Waals surface area contributed by atoms with E-state index in [1.807, 2.05) is 30.3 Å². The highest BCUT2D eigenvalue weighted by Gasteiger charge is 2.22. The van der Waals surface area contributed by atoms with Gasteiger partial charge in [-0.3, -0.25) is 4.79 Å². The summed E-state index contributed by atoms with van der Waals surface area (Å²) < 4.78 is 5.23. The Balaban J connectivity index is 1.45. The Bertz CT molecular complexity index is 798. The Morgan fingerprint density at radius 2 is 2.21 bits per heavy atom. The number of hydrogen-bond acceptors (Lipinski definition) is 6. The smallest absolute Gasteiger partial charge is 0.220 e. The maximum atomic E-state index is 12.3. The molecule has 0 unspecified atom stereocenters. The van der Waals surface area contributed by atoms with Crippen LogP contribution in [0, 0.1) is 5.92 Å². The highest BCUT2D eigenvalue weighted by Crippen LogP contribution is 2.25. The first-order valence-corrected chi connectivity index (χ1v) is 10.4. The second-order valence-corrected chi connectivity index (χ2v) is 7.41. The van der Waals surface area contributed by atoms with Crippen molar-refractivity contribution in [3.63, 3.8) is 0 Å². The lowest BCUT2D eigenvalue weighted by Gasteiger charge is -2.33. The van der Waals surface area contributed by atoms with Crippen molar-refractivity contribution in [1.82, 2.24) is 15.3 Å². The van der Waals surface area contributed by atoms with E-state index in [9.17, 15) is 4.79 Å². The molecule has 1 aliphatic rings. The highest BCUT2D eigenvalue weighted by molar-refractivity contribution is 5.75. The van der Waals surface area contributed by atoms with Crippen LogP contribution in [0.3, 0.4) is 0 Å². The van der Waals surface area contributed by atoms with Gasteiger partial charge in [0.1, 0.15) is 23.7 Å². The summed E-state index contributed by atoms with van der Waals surface area (Å²) in [6, 6.07) is 9.78. The first kappa shape index (κ1) is 20.9. The van der Waals surface area contributed by atoms with E-state index in [0.29, 0.717) is 18.9 Å². The number of carbonyl (C=O) groups is 1. The van der Waals surface area contributed by atoms with Crippen molar-refractivity contribution in [1.29, 1.82) is 0 Å². The van der Waals surface area contributed by atoms with Crippen LogP contribution in [0.1, 0.15) is 38.2 Å². The fourth-order valence-electron chi connectivity index (χ4n) is 3.71. The van der Waals surface area contributed by atoms with Crippen LogP contribution in [0.25, 0.3) is 0 Å². The average molecular weight is 398 g/mol. The summed E-state index contributed by atoms with van der Waals surface area (Å²) >= 11 is 0. The minimum absolute atomic E-state index is 0.0985. The Labute approximate surface area is 172 Å². The van der Waals surface area contributed by atoms with E-state index >= 15 is 0 Å². The summed E-state index contributed by atoms with van der Waals surface area (Å²) in [6.45, 7) is 5.36. The summed E-state index contributed by atoms with van der Waals surface area (Å²) in [5, 5.41) is 6.25. The molecular weight excluding hydrogens is 366 g/mol. The zero-order valence-corrected chi connectivity index (χ0v) is 17.4. The van der Waals surface area contributed by atoms with Crippen molar-refractivity contribution >= 4 is 17.5 Å². The summed E-state index contributed by atoms with van der Waals surface area (Å²) in [7, 11) is 1.65. The molecule has 0 aliphatic carbocycles. The second kappa shape index (κ2) is 10.6. The Kier molecular flexibility index (Phi) is 7.67. The SMILES string of the molecule is CCNc1cc(N2CCC[C@H](CCC(=O)NCc3cccc(OC)c3)C2)ncn1. The van der Waals surface area contributed by atoms with E-state index in [4.69, 9.17) is 4.74 Å². The zero-order valence-electron chi connectivity index (χ0n) is 17.4. The number of methoxy groups -OCH3 is 1. The zero-order chi connectivity index (χ0) is 20.5. The van der Waals surface area contributed by atoms with Gasteiger partial charge in [0, 0.05) is 38.7 Å². The predicted octanol–water partition coefficient (Wildman–Crippen LogP) is 3.23. The van der Waals surface area contributed by atoms with Gasteiger partial charge in [-0.25, -0.2) is 9.97 Å². The summed E-state index contributed by atoms with van der Waals surface area (Å²) in [5.74, 6) is 3.23. The largest absolute Gasteiger partial charge is 0.497 e. The summed E-state index contributed by atoms with van der Waals surface area (Å²) in [6.07, 6.45) is 5.34. The first-order chi connectivity index (χ1) is 14.2. The van der Waals surface area contributed by atoms with Crippen molar-refractivity contribution in [3.05, 3.63) is 42.2 Å². The number of ether oxygens (including phenoxy) is 1. The topological polar surface area (TPSA) is 79.4 Å². The molecule has 7 nitrogen and oxygen atoms in total. The van der Waals surface area contributed by atoms with Crippen LogP contribution in [-0.2, 0) is 11.3 Å². The quantitative estimate of drug-likeness (QED) is 0.676. The lowest BCUT2D eigenvalue weighted by molar-refractivity contribution is -0.121. The maximum Gasteiger partial charge on any atom is 0.220 e. The van der Waals surface area contributed by atoms with Crippen molar-refractivity contribution in [2.75, 3.05) is 37.0 Å². The fourth-order valence-corrected chi connectivity index (χ4v) is 3.71. The van der Waals surface area contributed by atoms with E-state index in [1.54, 1.807) is 13.4 Å². The molecule has 3 rings (SSSR count). The van der Waals surface area contributed by atoms with Crippen LogP contribution < -0.4 is 20.3 Å². The molecule has 1 aromatic carbocycles. The van der Waals surface area contributed by atoms with Gasteiger partial charge in [0.2, 0.25) is 5.91 Å². The molecule has 1 aromatic heterocycles. The molecular formula is C22H31N5O2. The molecule has 1 amide bonds. The van der Waals surface area contributed by atoms with Crippen LogP contribution >= 0.6 is 0 Å².